The van der Waals surface area contributed by atoms with Crippen molar-refractivity contribution < 1.29 is 0 Å². The van der Waals surface area contributed by atoms with E-state index < -0.39 is 0 Å². The Hall–Kier alpha value is -4.49. The molecule has 240 valence electrons. The Morgan fingerprint density at radius 2 is 1.45 bits per heavy atom. The van der Waals surface area contributed by atoms with Gasteiger partial charge >= 0.3 is 278 Å². The molecule has 0 radical (unpaired) electrons. The summed E-state index contributed by atoms with van der Waals surface area (Å²) >= 11 is 0.375. The first-order valence-electron chi connectivity index (χ1n) is 17.7. The van der Waals surface area contributed by atoms with E-state index in [0.717, 1.165) is 17.8 Å². The Balaban J connectivity index is 1.33. The number of hydrogen-bond acceptors (Lipinski definition) is 3. The molecule has 5 aromatic carbocycles. The number of rotatable bonds is 2. The van der Waals surface area contributed by atoms with Crippen molar-refractivity contribution in [3.05, 3.63) is 136 Å². The normalized spacial score (nSPS) is 17.0. The van der Waals surface area contributed by atoms with E-state index in [0.29, 0.717) is 20.5 Å². The number of hydrogen-bond donors (Lipinski definition) is 0. The van der Waals surface area contributed by atoms with Crippen LogP contribution >= 0.6 is 0 Å². The molecule has 0 fully saturated rings. The van der Waals surface area contributed by atoms with Gasteiger partial charge in [-0.2, -0.15) is 0 Å². The molecule has 0 saturated heterocycles. The van der Waals surface area contributed by atoms with Crippen molar-refractivity contribution in [2.45, 2.75) is 71.1 Å². The van der Waals surface area contributed by atoms with Crippen molar-refractivity contribution in [2.24, 2.45) is 0 Å². The molecule has 0 amide bonds. The number of nitriles is 1. The summed E-state index contributed by atoms with van der Waals surface area (Å²) in [5.74, 6) is 0. The summed E-state index contributed by atoms with van der Waals surface area (Å²) in [6, 6.07) is 41.3. The Kier molecular flexibility index (Phi) is 6.87. The predicted octanol–water partition coefficient (Wildman–Crippen LogP) is 8.06. The van der Waals surface area contributed by atoms with E-state index >= 15 is 0 Å². The molecule has 9 rings (SSSR count). The van der Waals surface area contributed by atoms with E-state index in [9.17, 15) is 5.26 Å². The van der Waals surface area contributed by atoms with Crippen LogP contribution in [-0.4, -0.2) is 21.7 Å². The van der Waals surface area contributed by atoms with Gasteiger partial charge in [-0.25, -0.2) is 0 Å². The second-order valence-corrected chi connectivity index (χ2v) is 18.0. The summed E-state index contributed by atoms with van der Waals surface area (Å²) in [5.41, 5.74) is 15.9. The molecule has 4 aliphatic rings. The molecule has 5 aromatic rings. The zero-order valence-corrected chi connectivity index (χ0v) is 30.7. The fraction of sp³-hybridized carbons (Fsp3) is 0.250. The third-order valence-electron chi connectivity index (χ3n) is 11.2. The molecule has 3 aliphatic heterocycles. The minimum atomic E-state index is -0.244. The summed E-state index contributed by atoms with van der Waals surface area (Å²) < 4.78 is 3.13. The molecule has 3 nitrogen and oxygen atoms in total. The Morgan fingerprint density at radius 3 is 2.24 bits per heavy atom. The molecule has 0 N–H and O–H groups in total. The topological polar surface area (TPSA) is 30.3 Å². The SMILES string of the molecule is CC(C)(C)c1ccc(N2c3cc(N4C5=C(CCCC5)[Se]c5ccccc54)ccc3B3c4ccccc4C(C)(C)c4cc(C#N)cc2c43)cc1. The van der Waals surface area contributed by atoms with Gasteiger partial charge in [0.2, 0.25) is 0 Å². The van der Waals surface area contributed by atoms with Crippen molar-refractivity contribution in [2.75, 3.05) is 9.80 Å². The van der Waals surface area contributed by atoms with Gasteiger partial charge in [0.05, 0.1) is 0 Å². The molecule has 0 atom stereocenters. The van der Waals surface area contributed by atoms with E-state index in [4.69, 9.17) is 0 Å². The second-order valence-electron chi connectivity index (χ2n) is 15.6. The van der Waals surface area contributed by atoms with Crippen molar-refractivity contribution in [3.63, 3.8) is 0 Å². The monoisotopic (exact) mass is 701 g/mol. The summed E-state index contributed by atoms with van der Waals surface area (Å²) in [5, 5.41) is 10.4. The van der Waals surface area contributed by atoms with Gasteiger partial charge < -0.3 is 0 Å². The molecule has 0 spiro atoms. The van der Waals surface area contributed by atoms with Gasteiger partial charge in [0.15, 0.2) is 0 Å². The van der Waals surface area contributed by atoms with E-state index in [-0.39, 0.29) is 17.5 Å². The standard InChI is InChI=1S/C44H40BN3Se/c1-43(2,3)29-18-20-30(21-19-29)47-38-26-31(48-36-14-8-10-16-40(36)49-41-17-11-9-15-37(41)48)22-23-35(38)45-34-13-7-6-12-32(34)44(4,5)33-24-28(27-46)25-39(47)42(33)45/h6-8,10,12-14,16,18-26H,9,11,15,17H2,1-5H3. The minimum absolute atomic E-state index is 0.0544. The third kappa shape index (κ3) is 4.61. The van der Waals surface area contributed by atoms with Crippen LogP contribution in [0.15, 0.2) is 113 Å². The van der Waals surface area contributed by atoms with Crippen LogP contribution in [0.1, 0.15) is 82.6 Å². The molecule has 5 heteroatoms. The Labute approximate surface area is 297 Å². The summed E-state index contributed by atoms with van der Waals surface area (Å²) in [6.07, 6.45) is 4.87. The quantitative estimate of drug-likeness (QED) is 0.171. The van der Waals surface area contributed by atoms with Gasteiger partial charge in [-0.3, -0.25) is 0 Å². The Bertz CT molecular complexity index is 2250. The van der Waals surface area contributed by atoms with Gasteiger partial charge in [0.1, 0.15) is 0 Å². The number of nitrogens with zero attached hydrogens (tertiary/aromatic N) is 3. The van der Waals surface area contributed by atoms with Crippen LogP contribution in [0.2, 0.25) is 0 Å². The van der Waals surface area contributed by atoms with Gasteiger partial charge in [-0.05, 0) is 0 Å². The van der Waals surface area contributed by atoms with E-state index in [2.05, 4.69) is 154 Å². The number of para-hydroxylation sites is 1. The van der Waals surface area contributed by atoms with Crippen LogP contribution in [0.4, 0.5) is 28.4 Å². The molecule has 0 saturated carbocycles. The van der Waals surface area contributed by atoms with Crippen LogP contribution in [0.25, 0.3) is 0 Å². The maximum atomic E-state index is 10.4. The van der Waals surface area contributed by atoms with Crippen LogP contribution in [0, 0.1) is 11.3 Å². The first kappa shape index (κ1) is 30.6. The van der Waals surface area contributed by atoms with Crippen LogP contribution in [0.5, 0.6) is 0 Å². The summed E-state index contributed by atoms with van der Waals surface area (Å²) in [7, 11) is 0. The average Bonchev–Trinajstić information content (AvgIpc) is 3.11. The van der Waals surface area contributed by atoms with Crippen LogP contribution < -0.4 is 30.7 Å². The first-order chi connectivity index (χ1) is 23.6. The Morgan fingerprint density at radius 1 is 0.714 bits per heavy atom. The van der Waals surface area contributed by atoms with Crippen LogP contribution in [-0.2, 0) is 10.8 Å². The van der Waals surface area contributed by atoms with Crippen molar-refractivity contribution in [1.82, 2.24) is 0 Å². The van der Waals surface area contributed by atoms with Crippen molar-refractivity contribution >= 4 is 71.0 Å². The van der Waals surface area contributed by atoms with E-state index in [1.54, 1.807) is 4.47 Å². The molecule has 1 aliphatic carbocycles. The summed E-state index contributed by atoms with van der Waals surface area (Å²) in [4.78, 5) is 5.04. The van der Waals surface area contributed by atoms with Crippen molar-refractivity contribution in [1.29, 1.82) is 5.26 Å². The van der Waals surface area contributed by atoms with E-state index in [1.165, 1.54) is 79.6 Å². The summed E-state index contributed by atoms with van der Waals surface area (Å²) in [6.45, 7) is 11.5. The molecule has 49 heavy (non-hydrogen) atoms. The second kappa shape index (κ2) is 11.0. The number of benzene rings is 5. The van der Waals surface area contributed by atoms with Gasteiger partial charge in [0.25, 0.3) is 0 Å². The third-order valence-corrected chi connectivity index (χ3v) is 13.9. The molecule has 0 unspecified atom stereocenters. The van der Waals surface area contributed by atoms with E-state index in [1.807, 2.05) is 0 Å². The van der Waals surface area contributed by atoms with Gasteiger partial charge in [0, 0.05) is 0 Å². The fourth-order valence-corrected chi connectivity index (χ4v) is 11.4. The number of fused-ring (bicyclic) bond motifs is 5. The average molecular weight is 701 g/mol. The van der Waals surface area contributed by atoms with Gasteiger partial charge in [-0.15, -0.1) is 0 Å². The number of anilines is 5. The van der Waals surface area contributed by atoms with Crippen molar-refractivity contribution in [3.8, 4) is 6.07 Å². The number of allylic oxidation sites excluding steroid dienone is 2. The van der Waals surface area contributed by atoms with Crippen LogP contribution in [0.3, 0.4) is 0 Å². The zero-order chi connectivity index (χ0) is 33.7. The molecular formula is C44H40BN3Se. The maximum absolute atomic E-state index is 10.4. The molecule has 0 aromatic heterocycles. The fourth-order valence-electron chi connectivity index (χ4n) is 8.79. The molecule has 0 bridgehead atoms. The first-order valence-corrected chi connectivity index (χ1v) is 19.4. The zero-order valence-electron chi connectivity index (χ0n) is 29.0. The molecule has 3 heterocycles. The molecular weight excluding hydrogens is 660 g/mol. The van der Waals surface area contributed by atoms with Gasteiger partial charge in [-0.1, -0.05) is 20.8 Å². The predicted molar refractivity (Wildman–Crippen MR) is 207 cm³/mol.